The number of aromatic nitrogens is 1. The van der Waals surface area contributed by atoms with E-state index in [0.29, 0.717) is 16.6 Å². The summed E-state index contributed by atoms with van der Waals surface area (Å²) in [5.41, 5.74) is 9.06. The maximum absolute atomic E-state index is 13.3. The lowest BCUT2D eigenvalue weighted by atomic mass is 10.0. The zero-order valence-electron chi connectivity index (χ0n) is 9.14. The second kappa shape index (κ2) is 3.91. The number of hydrogen-bond acceptors (Lipinski definition) is 2. The maximum atomic E-state index is 13.3. The van der Waals surface area contributed by atoms with E-state index in [9.17, 15) is 4.39 Å². The van der Waals surface area contributed by atoms with Crippen molar-refractivity contribution in [2.24, 2.45) is 0 Å². The first-order chi connectivity index (χ1) is 7.54. The summed E-state index contributed by atoms with van der Waals surface area (Å²) in [7, 11) is 0. The zero-order chi connectivity index (χ0) is 11.9. The van der Waals surface area contributed by atoms with Crippen LogP contribution in [0.15, 0.2) is 12.1 Å². The third kappa shape index (κ3) is 1.61. The van der Waals surface area contributed by atoms with Crippen molar-refractivity contribution in [1.29, 1.82) is 0 Å². The third-order valence-corrected chi connectivity index (χ3v) is 3.02. The molecule has 0 bridgehead atoms. The molecular formula is C12H12ClFN2. The normalized spacial score (nSPS) is 11.0. The van der Waals surface area contributed by atoms with Crippen molar-refractivity contribution in [1.82, 2.24) is 4.98 Å². The molecule has 0 fully saturated rings. The van der Waals surface area contributed by atoms with Crippen molar-refractivity contribution in [2.45, 2.75) is 20.3 Å². The van der Waals surface area contributed by atoms with Crippen LogP contribution >= 0.6 is 11.6 Å². The third-order valence-electron chi connectivity index (χ3n) is 2.73. The number of nitrogen functional groups attached to an aromatic ring is 1. The molecule has 2 N–H and O–H groups in total. The predicted octanol–water partition coefficient (Wildman–Crippen LogP) is 3.48. The van der Waals surface area contributed by atoms with Gasteiger partial charge in [0, 0.05) is 22.8 Å². The molecule has 2 aromatic rings. The number of fused-ring (bicyclic) bond motifs is 1. The van der Waals surface area contributed by atoms with Crippen molar-refractivity contribution in [3.05, 3.63) is 34.2 Å². The van der Waals surface area contributed by atoms with Crippen molar-refractivity contribution >= 4 is 28.2 Å². The van der Waals surface area contributed by atoms with Crippen LogP contribution < -0.4 is 5.73 Å². The minimum Gasteiger partial charge on any atom is -0.398 e. The number of benzene rings is 1. The van der Waals surface area contributed by atoms with Gasteiger partial charge in [-0.05, 0) is 25.0 Å². The first-order valence-corrected chi connectivity index (χ1v) is 5.46. The molecular weight excluding hydrogens is 227 g/mol. The van der Waals surface area contributed by atoms with E-state index in [1.807, 2.05) is 13.8 Å². The maximum Gasteiger partial charge on any atom is 0.143 e. The number of anilines is 1. The second-order valence-electron chi connectivity index (χ2n) is 3.73. The van der Waals surface area contributed by atoms with Gasteiger partial charge < -0.3 is 5.73 Å². The van der Waals surface area contributed by atoms with Crippen LogP contribution in [-0.2, 0) is 6.42 Å². The topological polar surface area (TPSA) is 38.9 Å². The van der Waals surface area contributed by atoms with E-state index in [4.69, 9.17) is 17.3 Å². The standard InChI is InChI=1S/C12H12ClFN2/c1-3-7-6(2)16-11-5-10(14)9(13)4-8(11)12(7)15/h4-5H,3H2,1-2H3,(H2,15,16). The van der Waals surface area contributed by atoms with Crippen molar-refractivity contribution in [3.8, 4) is 0 Å². The molecule has 0 aliphatic carbocycles. The summed E-state index contributed by atoms with van der Waals surface area (Å²) in [4.78, 5) is 4.33. The van der Waals surface area contributed by atoms with E-state index < -0.39 is 5.82 Å². The highest BCUT2D eigenvalue weighted by molar-refractivity contribution is 6.31. The molecule has 2 nitrogen and oxygen atoms in total. The van der Waals surface area contributed by atoms with Crippen LogP contribution in [0, 0.1) is 12.7 Å². The molecule has 1 aromatic carbocycles. The fraction of sp³-hybridized carbons (Fsp3) is 0.250. The van der Waals surface area contributed by atoms with Gasteiger partial charge in [-0.1, -0.05) is 18.5 Å². The lowest BCUT2D eigenvalue weighted by molar-refractivity contribution is 0.630. The summed E-state index contributed by atoms with van der Waals surface area (Å²) in [6.45, 7) is 3.89. The van der Waals surface area contributed by atoms with Crippen LogP contribution in [0.2, 0.25) is 5.02 Å². The Morgan fingerprint density at radius 3 is 2.75 bits per heavy atom. The number of pyridine rings is 1. The fourth-order valence-corrected chi connectivity index (χ4v) is 2.06. The molecule has 0 saturated heterocycles. The van der Waals surface area contributed by atoms with E-state index in [-0.39, 0.29) is 5.02 Å². The summed E-state index contributed by atoms with van der Waals surface area (Å²) >= 11 is 5.74. The van der Waals surface area contributed by atoms with E-state index in [2.05, 4.69) is 4.98 Å². The highest BCUT2D eigenvalue weighted by Crippen LogP contribution is 2.29. The molecule has 0 unspecified atom stereocenters. The summed E-state index contributed by atoms with van der Waals surface area (Å²) in [5, 5.41) is 0.792. The van der Waals surface area contributed by atoms with Gasteiger partial charge in [-0.25, -0.2) is 4.39 Å². The van der Waals surface area contributed by atoms with Gasteiger partial charge >= 0.3 is 0 Å². The largest absolute Gasteiger partial charge is 0.398 e. The van der Waals surface area contributed by atoms with Crippen molar-refractivity contribution < 1.29 is 4.39 Å². The monoisotopic (exact) mass is 238 g/mol. The SMILES string of the molecule is CCc1c(C)nc2cc(F)c(Cl)cc2c1N. The molecule has 1 heterocycles. The van der Waals surface area contributed by atoms with Gasteiger partial charge in [0.05, 0.1) is 10.5 Å². The first-order valence-electron chi connectivity index (χ1n) is 5.08. The molecule has 0 amide bonds. The minimum atomic E-state index is -0.468. The molecule has 0 aliphatic heterocycles. The number of rotatable bonds is 1. The molecule has 0 saturated carbocycles. The molecule has 4 heteroatoms. The van der Waals surface area contributed by atoms with E-state index in [1.54, 1.807) is 0 Å². The van der Waals surface area contributed by atoms with E-state index >= 15 is 0 Å². The van der Waals surface area contributed by atoms with Gasteiger partial charge in [-0.15, -0.1) is 0 Å². The smallest absolute Gasteiger partial charge is 0.143 e. The van der Waals surface area contributed by atoms with Gasteiger partial charge in [0.25, 0.3) is 0 Å². The van der Waals surface area contributed by atoms with Crippen molar-refractivity contribution in [2.75, 3.05) is 5.73 Å². The van der Waals surface area contributed by atoms with E-state index in [0.717, 1.165) is 17.7 Å². The molecule has 16 heavy (non-hydrogen) atoms. The Kier molecular flexibility index (Phi) is 2.72. The Balaban J connectivity index is 2.88. The zero-order valence-corrected chi connectivity index (χ0v) is 9.90. The van der Waals surface area contributed by atoms with Crippen LogP contribution in [0.1, 0.15) is 18.2 Å². The van der Waals surface area contributed by atoms with Gasteiger partial charge in [-0.2, -0.15) is 0 Å². The fourth-order valence-electron chi connectivity index (χ4n) is 1.90. The first kappa shape index (κ1) is 11.1. The summed E-state index contributed by atoms with van der Waals surface area (Å²) in [5.74, 6) is -0.468. The average molecular weight is 239 g/mol. The summed E-state index contributed by atoms with van der Waals surface area (Å²) < 4.78 is 13.3. The summed E-state index contributed by atoms with van der Waals surface area (Å²) in [6, 6.07) is 2.85. The second-order valence-corrected chi connectivity index (χ2v) is 4.13. The Labute approximate surface area is 98.2 Å². The van der Waals surface area contributed by atoms with Crippen LogP contribution in [0.3, 0.4) is 0 Å². The number of nitrogens with zero attached hydrogens (tertiary/aromatic N) is 1. The lowest BCUT2D eigenvalue weighted by Crippen LogP contribution is -2.01. The Morgan fingerprint density at radius 1 is 1.44 bits per heavy atom. The van der Waals surface area contributed by atoms with Gasteiger partial charge in [-0.3, -0.25) is 4.98 Å². The Bertz CT molecular complexity index is 567. The molecule has 84 valence electrons. The Morgan fingerprint density at radius 2 is 2.12 bits per heavy atom. The van der Waals surface area contributed by atoms with Crippen LogP contribution in [0.5, 0.6) is 0 Å². The van der Waals surface area contributed by atoms with Gasteiger partial charge in [0.15, 0.2) is 0 Å². The minimum absolute atomic E-state index is 0.0758. The van der Waals surface area contributed by atoms with Crippen LogP contribution in [-0.4, -0.2) is 4.98 Å². The molecule has 2 rings (SSSR count). The van der Waals surface area contributed by atoms with E-state index in [1.165, 1.54) is 12.1 Å². The Hall–Kier alpha value is -1.35. The van der Waals surface area contributed by atoms with Crippen molar-refractivity contribution in [3.63, 3.8) is 0 Å². The molecule has 1 aromatic heterocycles. The number of halogens is 2. The molecule has 0 radical (unpaired) electrons. The number of aryl methyl sites for hydroxylation is 1. The van der Waals surface area contributed by atoms with Gasteiger partial charge in [0.2, 0.25) is 0 Å². The predicted molar refractivity (Wildman–Crippen MR) is 65.2 cm³/mol. The molecule has 0 spiro atoms. The summed E-state index contributed by atoms with van der Waals surface area (Å²) in [6.07, 6.45) is 0.801. The molecule has 0 aliphatic rings. The molecule has 0 atom stereocenters. The van der Waals surface area contributed by atoms with Crippen LogP contribution in [0.25, 0.3) is 10.9 Å². The average Bonchev–Trinajstić information content (AvgIpc) is 2.22. The van der Waals surface area contributed by atoms with Gasteiger partial charge in [0.1, 0.15) is 5.82 Å². The number of hydrogen-bond donors (Lipinski definition) is 1. The number of nitrogens with two attached hydrogens (primary N) is 1. The lowest BCUT2D eigenvalue weighted by Gasteiger charge is -2.10. The quantitative estimate of drug-likeness (QED) is 0.826. The highest BCUT2D eigenvalue weighted by Gasteiger charge is 2.11. The van der Waals surface area contributed by atoms with Crippen LogP contribution in [0.4, 0.5) is 10.1 Å². The highest BCUT2D eigenvalue weighted by atomic mass is 35.5.